The van der Waals surface area contributed by atoms with Gasteiger partial charge in [0.2, 0.25) is 0 Å². The second kappa shape index (κ2) is 1.30. The first kappa shape index (κ1) is 5.63. The average molecular weight is 132 g/mol. The summed E-state index contributed by atoms with van der Waals surface area (Å²) in [5.74, 6) is -2.29. The molecule has 0 amide bonds. The van der Waals surface area contributed by atoms with Crippen LogP contribution in [0.25, 0.3) is 0 Å². The topological polar surface area (TPSA) is 0 Å². The second-order valence-corrected chi connectivity index (χ2v) is 3.34. The van der Waals surface area contributed by atoms with Gasteiger partial charge < -0.3 is 0 Å². The number of hydrogen-bond acceptors (Lipinski definition) is 0. The molecule has 0 radical (unpaired) electrons. The van der Waals surface area contributed by atoms with Crippen LogP contribution in [0.1, 0.15) is 32.1 Å². The fourth-order valence-corrected chi connectivity index (χ4v) is 1.89. The summed E-state index contributed by atoms with van der Waals surface area (Å²) in [7, 11) is 0. The van der Waals surface area contributed by atoms with Gasteiger partial charge in [0.25, 0.3) is 5.92 Å². The van der Waals surface area contributed by atoms with Crippen molar-refractivity contribution in [2.75, 3.05) is 0 Å². The molecule has 2 aliphatic carbocycles. The molecular weight excluding hydrogens is 122 g/mol. The number of halogens is 2. The molecule has 9 heavy (non-hydrogen) atoms. The first-order valence-corrected chi connectivity index (χ1v) is 3.54. The zero-order valence-corrected chi connectivity index (χ0v) is 5.29. The van der Waals surface area contributed by atoms with Crippen molar-refractivity contribution in [1.82, 2.24) is 0 Å². The van der Waals surface area contributed by atoms with E-state index in [4.69, 9.17) is 0 Å². The Morgan fingerprint density at radius 3 is 1.56 bits per heavy atom. The molecule has 2 aliphatic rings. The van der Waals surface area contributed by atoms with Crippen LogP contribution in [0.2, 0.25) is 0 Å². The van der Waals surface area contributed by atoms with Gasteiger partial charge in [-0.25, -0.2) is 8.78 Å². The molecule has 2 saturated carbocycles. The van der Waals surface area contributed by atoms with Crippen LogP contribution in [0, 0.1) is 5.41 Å². The average Bonchev–Trinajstić information content (AvgIpc) is 1.59. The highest BCUT2D eigenvalue weighted by atomic mass is 19.3. The van der Waals surface area contributed by atoms with E-state index in [1.54, 1.807) is 0 Å². The van der Waals surface area contributed by atoms with E-state index < -0.39 is 11.3 Å². The SMILES string of the molecule is FC1(F)CCC12CCC2. The maximum Gasteiger partial charge on any atom is 0.253 e. The molecule has 0 bridgehead atoms. The summed E-state index contributed by atoms with van der Waals surface area (Å²) >= 11 is 0. The lowest BCUT2D eigenvalue weighted by Gasteiger charge is -2.55. The molecule has 0 atom stereocenters. The zero-order valence-electron chi connectivity index (χ0n) is 5.29. The predicted molar refractivity (Wildman–Crippen MR) is 30.5 cm³/mol. The minimum atomic E-state index is -2.29. The van der Waals surface area contributed by atoms with Gasteiger partial charge in [-0.2, -0.15) is 0 Å². The highest BCUT2D eigenvalue weighted by molar-refractivity contribution is 5.06. The molecule has 1 spiro atoms. The first-order valence-electron chi connectivity index (χ1n) is 3.54. The Hall–Kier alpha value is -0.140. The van der Waals surface area contributed by atoms with E-state index in [1.165, 1.54) is 0 Å². The molecule has 2 rings (SSSR count). The maximum atomic E-state index is 12.6. The van der Waals surface area contributed by atoms with Crippen molar-refractivity contribution in [3.63, 3.8) is 0 Å². The zero-order chi connectivity index (χ0) is 6.54. The molecule has 0 aromatic carbocycles. The van der Waals surface area contributed by atoms with E-state index in [2.05, 4.69) is 0 Å². The molecule has 52 valence electrons. The summed E-state index contributed by atoms with van der Waals surface area (Å²) in [4.78, 5) is 0. The Labute approximate surface area is 53.2 Å². The minimum Gasteiger partial charge on any atom is -0.206 e. The molecule has 0 N–H and O–H groups in total. The molecule has 0 unspecified atom stereocenters. The minimum absolute atomic E-state index is 0.146. The molecule has 0 aromatic rings. The lowest BCUT2D eigenvalue weighted by atomic mass is 9.53. The molecule has 2 heteroatoms. The molecule has 0 aliphatic heterocycles. The van der Waals surface area contributed by atoms with Crippen molar-refractivity contribution >= 4 is 0 Å². The van der Waals surface area contributed by atoms with Gasteiger partial charge in [-0.05, 0) is 19.3 Å². The van der Waals surface area contributed by atoms with Crippen LogP contribution in [0.4, 0.5) is 8.78 Å². The van der Waals surface area contributed by atoms with E-state index in [1.807, 2.05) is 0 Å². The quantitative estimate of drug-likeness (QED) is 0.475. The van der Waals surface area contributed by atoms with Gasteiger partial charge in [0, 0.05) is 11.8 Å². The summed E-state index contributed by atoms with van der Waals surface area (Å²) in [6.45, 7) is 0. The molecule has 0 saturated heterocycles. The summed E-state index contributed by atoms with van der Waals surface area (Å²) < 4.78 is 25.3. The summed E-state index contributed by atoms with van der Waals surface area (Å²) in [5, 5.41) is 0. The van der Waals surface area contributed by atoms with Crippen LogP contribution >= 0.6 is 0 Å². The number of alkyl halides is 2. The lowest BCUT2D eigenvalue weighted by Crippen LogP contribution is -2.55. The van der Waals surface area contributed by atoms with Crippen LogP contribution in [-0.2, 0) is 0 Å². The van der Waals surface area contributed by atoms with E-state index in [0.29, 0.717) is 0 Å². The highest BCUT2D eigenvalue weighted by Crippen LogP contribution is 2.64. The van der Waals surface area contributed by atoms with Crippen molar-refractivity contribution in [3.05, 3.63) is 0 Å². The smallest absolute Gasteiger partial charge is 0.206 e. The van der Waals surface area contributed by atoms with Crippen LogP contribution in [0.3, 0.4) is 0 Å². The van der Waals surface area contributed by atoms with E-state index >= 15 is 0 Å². The second-order valence-electron chi connectivity index (χ2n) is 3.34. The third-order valence-corrected chi connectivity index (χ3v) is 3.00. The summed E-state index contributed by atoms with van der Waals surface area (Å²) in [6.07, 6.45) is 3.50. The van der Waals surface area contributed by atoms with Crippen molar-refractivity contribution in [2.45, 2.75) is 38.0 Å². The van der Waals surface area contributed by atoms with Crippen LogP contribution < -0.4 is 0 Å². The van der Waals surface area contributed by atoms with Crippen molar-refractivity contribution in [3.8, 4) is 0 Å². The first-order chi connectivity index (χ1) is 4.16. The molecule has 2 fully saturated rings. The standard InChI is InChI=1S/C7H10F2/c8-7(9)5-4-6(7)2-1-3-6/h1-5H2. The van der Waals surface area contributed by atoms with Crippen molar-refractivity contribution in [1.29, 1.82) is 0 Å². The van der Waals surface area contributed by atoms with Crippen LogP contribution in [-0.4, -0.2) is 5.92 Å². The fraction of sp³-hybridized carbons (Fsp3) is 1.00. The number of hydrogen-bond donors (Lipinski definition) is 0. The van der Waals surface area contributed by atoms with Gasteiger partial charge in [-0.15, -0.1) is 0 Å². The van der Waals surface area contributed by atoms with Crippen LogP contribution in [0.15, 0.2) is 0 Å². The highest BCUT2D eigenvalue weighted by Gasteiger charge is 2.63. The van der Waals surface area contributed by atoms with Gasteiger partial charge in [-0.1, -0.05) is 6.42 Å². The Kier molecular flexibility index (Phi) is 0.814. The van der Waals surface area contributed by atoms with E-state index in [9.17, 15) is 8.78 Å². The Morgan fingerprint density at radius 1 is 0.889 bits per heavy atom. The molecule has 0 nitrogen and oxygen atoms in total. The third-order valence-electron chi connectivity index (χ3n) is 3.00. The van der Waals surface area contributed by atoms with E-state index in [0.717, 1.165) is 25.7 Å². The summed E-state index contributed by atoms with van der Waals surface area (Å²) in [6, 6.07) is 0. The summed E-state index contributed by atoms with van der Waals surface area (Å²) in [5.41, 5.74) is -0.493. The molecular formula is C7H10F2. The molecule has 0 heterocycles. The predicted octanol–water partition coefficient (Wildman–Crippen LogP) is 2.59. The van der Waals surface area contributed by atoms with Crippen LogP contribution in [0.5, 0.6) is 0 Å². The normalized spacial score (nSPS) is 35.3. The monoisotopic (exact) mass is 132 g/mol. The van der Waals surface area contributed by atoms with E-state index in [-0.39, 0.29) is 6.42 Å². The van der Waals surface area contributed by atoms with Crippen molar-refractivity contribution < 1.29 is 8.78 Å². The number of rotatable bonds is 0. The maximum absolute atomic E-state index is 12.6. The Morgan fingerprint density at radius 2 is 1.56 bits per heavy atom. The van der Waals surface area contributed by atoms with Crippen molar-refractivity contribution in [2.24, 2.45) is 5.41 Å². The van der Waals surface area contributed by atoms with Gasteiger partial charge in [0.1, 0.15) is 0 Å². The fourth-order valence-electron chi connectivity index (χ4n) is 1.89. The van der Waals surface area contributed by atoms with Gasteiger partial charge in [-0.3, -0.25) is 0 Å². The Bertz CT molecular complexity index is 130. The third kappa shape index (κ3) is 0.474. The van der Waals surface area contributed by atoms with Gasteiger partial charge in [0.05, 0.1) is 0 Å². The van der Waals surface area contributed by atoms with Gasteiger partial charge >= 0.3 is 0 Å². The lowest BCUT2D eigenvalue weighted by molar-refractivity contribution is -0.236. The largest absolute Gasteiger partial charge is 0.253 e. The Balaban J connectivity index is 2.13. The van der Waals surface area contributed by atoms with Gasteiger partial charge in [0.15, 0.2) is 0 Å². The molecule has 0 aromatic heterocycles.